The summed E-state index contributed by atoms with van der Waals surface area (Å²) in [5, 5.41) is 2.98. The Morgan fingerprint density at radius 1 is 1.40 bits per heavy atom. The summed E-state index contributed by atoms with van der Waals surface area (Å²) < 4.78 is 4.82. The average molecular weight is 136 g/mol. The molecule has 0 aliphatic heterocycles. The van der Waals surface area contributed by atoms with E-state index in [2.05, 4.69) is 12.4 Å². The topological polar surface area (TPSA) is 21.3 Å². The molecule has 0 atom stereocenters. The lowest BCUT2D eigenvalue weighted by Crippen LogP contribution is -1.90. The molecular formula is C8H10NO. The van der Waals surface area contributed by atoms with Crippen LogP contribution in [0.5, 0.6) is 5.75 Å². The van der Waals surface area contributed by atoms with Crippen molar-refractivity contribution in [2.45, 2.75) is 0 Å². The second kappa shape index (κ2) is 3.11. The van der Waals surface area contributed by atoms with Gasteiger partial charge in [0.25, 0.3) is 0 Å². The number of ether oxygens (including phenoxy) is 1. The van der Waals surface area contributed by atoms with Crippen molar-refractivity contribution in [3.63, 3.8) is 0 Å². The van der Waals surface area contributed by atoms with Gasteiger partial charge in [-0.25, -0.2) is 0 Å². The second-order valence-corrected chi connectivity index (χ2v) is 1.89. The maximum absolute atomic E-state index is 4.82. The summed E-state index contributed by atoms with van der Waals surface area (Å²) in [7, 11) is 5.17. The van der Waals surface area contributed by atoms with E-state index < -0.39 is 0 Å². The molecule has 0 heterocycles. The minimum Gasteiger partial charge on any atom is -0.488 e. The fourth-order valence-corrected chi connectivity index (χ4v) is 0.799. The van der Waals surface area contributed by atoms with Gasteiger partial charge in [0.15, 0.2) is 0 Å². The molecular weight excluding hydrogens is 126 g/mol. The van der Waals surface area contributed by atoms with Crippen LogP contribution in [0.2, 0.25) is 0 Å². The van der Waals surface area contributed by atoms with E-state index in [-0.39, 0.29) is 0 Å². The molecule has 1 aromatic carbocycles. The Kier molecular flexibility index (Phi) is 2.15. The largest absolute Gasteiger partial charge is 0.488 e. The Hall–Kier alpha value is -1.18. The van der Waals surface area contributed by atoms with Crippen molar-refractivity contribution in [2.24, 2.45) is 0 Å². The molecule has 1 radical (unpaired) electrons. The van der Waals surface area contributed by atoms with Crippen molar-refractivity contribution in [1.82, 2.24) is 0 Å². The van der Waals surface area contributed by atoms with Gasteiger partial charge in [-0.15, -0.1) is 0 Å². The highest BCUT2D eigenvalue weighted by Crippen LogP contribution is 2.21. The molecule has 0 saturated heterocycles. The molecule has 0 amide bonds. The van der Waals surface area contributed by atoms with Crippen LogP contribution in [0.4, 0.5) is 5.69 Å². The lowest BCUT2D eigenvalue weighted by Gasteiger charge is -2.05. The Labute approximate surface area is 60.8 Å². The normalized spacial score (nSPS) is 9.00. The smallest absolute Gasteiger partial charge is 0.142 e. The Balaban J connectivity index is 2.96. The molecule has 0 unspecified atom stereocenters. The van der Waals surface area contributed by atoms with Gasteiger partial charge in [0.2, 0.25) is 0 Å². The zero-order valence-electron chi connectivity index (χ0n) is 5.92. The first-order valence-electron chi connectivity index (χ1n) is 3.07. The first kappa shape index (κ1) is 6.93. The molecule has 53 valence electrons. The molecule has 0 bridgehead atoms. The van der Waals surface area contributed by atoms with E-state index in [4.69, 9.17) is 4.74 Å². The first-order chi connectivity index (χ1) is 4.88. The average Bonchev–Trinajstić information content (AvgIpc) is 2.04. The van der Waals surface area contributed by atoms with Crippen LogP contribution >= 0.6 is 0 Å². The van der Waals surface area contributed by atoms with Crippen molar-refractivity contribution < 1.29 is 4.74 Å². The van der Waals surface area contributed by atoms with Gasteiger partial charge >= 0.3 is 0 Å². The Morgan fingerprint density at radius 2 is 2.10 bits per heavy atom. The molecule has 1 N–H and O–H groups in total. The third-order valence-corrected chi connectivity index (χ3v) is 1.31. The molecule has 1 rings (SSSR count). The number of hydrogen-bond donors (Lipinski definition) is 1. The number of hydrogen-bond acceptors (Lipinski definition) is 2. The van der Waals surface area contributed by atoms with Crippen LogP contribution in [0.15, 0.2) is 24.3 Å². The number of para-hydroxylation sites is 2. The molecule has 0 aliphatic rings. The number of rotatable bonds is 2. The summed E-state index contributed by atoms with van der Waals surface area (Å²) in [4.78, 5) is 0. The Morgan fingerprint density at radius 3 is 2.60 bits per heavy atom. The van der Waals surface area contributed by atoms with E-state index in [9.17, 15) is 0 Å². The van der Waals surface area contributed by atoms with Crippen molar-refractivity contribution in [3.8, 4) is 5.75 Å². The minimum absolute atomic E-state index is 0.769. The lowest BCUT2D eigenvalue weighted by atomic mass is 10.3. The van der Waals surface area contributed by atoms with Crippen LogP contribution in [0.25, 0.3) is 0 Å². The molecule has 0 saturated carbocycles. The van der Waals surface area contributed by atoms with Crippen LogP contribution in [0.1, 0.15) is 0 Å². The monoisotopic (exact) mass is 136 g/mol. The SMILES string of the molecule is [CH2]Oc1ccccc1NC. The predicted octanol–water partition coefficient (Wildman–Crippen LogP) is 1.90. The van der Waals surface area contributed by atoms with Gasteiger partial charge in [0, 0.05) is 7.05 Å². The van der Waals surface area contributed by atoms with Gasteiger partial charge in [0.05, 0.1) is 5.69 Å². The lowest BCUT2D eigenvalue weighted by molar-refractivity contribution is 0.475. The van der Waals surface area contributed by atoms with Crippen LogP contribution in [-0.4, -0.2) is 7.05 Å². The number of benzene rings is 1. The van der Waals surface area contributed by atoms with Gasteiger partial charge in [-0.3, -0.25) is 0 Å². The predicted molar refractivity (Wildman–Crippen MR) is 42.0 cm³/mol. The molecule has 0 aromatic heterocycles. The molecule has 0 aliphatic carbocycles. The van der Waals surface area contributed by atoms with Crippen LogP contribution < -0.4 is 10.1 Å². The minimum atomic E-state index is 0.769. The second-order valence-electron chi connectivity index (χ2n) is 1.89. The summed E-state index contributed by atoms with van der Waals surface area (Å²) >= 11 is 0. The van der Waals surface area contributed by atoms with Crippen molar-refractivity contribution in [3.05, 3.63) is 31.4 Å². The van der Waals surface area contributed by atoms with Crippen LogP contribution in [0.3, 0.4) is 0 Å². The van der Waals surface area contributed by atoms with Gasteiger partial charge in [0.1, 0.15) is 12.9 Å². The highest BCUT2D eigenvalue weighted by atomic mass is 16.5. The van der Waals surface area contributed by atoms with Gasteiger partial charge < -0.3 is 10.1 Å². The number of anilines is 1. The maximum Gasteiger partial charge on any atom is 0.142 e. The molecule has 0 spiro atoms. The van der Waals surface area contributed by atoms with E-state index in [0.29, 0.717) is 0 Å². The first-order valence-corrected chi connectivity index (χ1v) is 3.07. The van der Waals surface area contributed by atoms with Crippen LogP contribution in [0, 0.1) is 7.11 Å². The molecule has 0 fully saturated rings. The fourth-order valence-electron chi connectivity index (χ4n) is 0.799. The number of nitrogens with one attached hydrogen (secondary N) is 1. The third-order valence-electron chi connectivity index (χ3n) is 1.31. The van der Waals surface area contributed by atoms with Gasteiger partial charge in [-0.2, -0.15) is 0 Å². The standard InChI is InChI=1S/C8H10NO/c1-9-7-5-3-4-6-8(7)10-2/h3-6,9H,2H2,1H3. The molecule has 2 nitrogen and oxygen atoms in total. The van der Waals surface area contributed by atoms with Crippen molar-refractivity contribution in [2.75, 3.05) is 12.4 Å². The quantitative estimate of drug-likeness (QED) is 0.670. The van der Waals surface area contributed by atoms with E-state index in [1.807, 2.05) is 31.3 Å². The molecule has 2 heteroatoms. The Bertz CT molecular complexity index is 187. The third kappa shape index (κ3) is 1.21. The van der Waals surface area contributed by atoms with E-state index in [1.54, 1.807) is 0 Å². The maximum atomic E-state index is 4.82. The highest BCUT2D eigenvalue weighted by molar-refractivity contribution is 5.55. The summed E-state index contributed by atoms with van der Waals surface area (Å²) in [6.07, 6.45) is 0. The summed E-state index contributed by atoms with van der Waals surface area (Å²) in [6.45, 7) is 0. The van der Waals surface area contributed by atoms with Gasteiger partial charge in [-0.05, 0) is 12.1 Å². The fraction of sp³-hybridized carbons (Fsp3) is 0.125. The molecule has 1 aromatic rings. The van der Waals surface area contributed by atoms with Crippen molar-refractivity contribution >= 4 is 5.69 Å². The van der Waals surface area contributed by atoms with Crippen molar-refractivity contribution in [1.29, 1.82) is 0 Å². The highest BCUT2D eigenvalue weighted by Gasteiger charge is 1.95. The van der Waals surface area contributed by atoms with E-state index in [0.717, 1.165) is 11.4 Å². The summed E-state index contributed by atoms with van der Waals surface area (Å²) in [6, 6.07) is 7.63. The van der Waals surface area contributed by atoms with Crippen LogP contribution in [-0.2, 0) is 0 Å². The zero-order chi connectivity index (χ0) is 7.40. The molecule has 10 heavy (non-hydrogen) atoms. The van der Waals surface area contributed by atoms with Gasteiger partial charge in [-0.1, -0.05) is 12.1 Å². The summed E-state index contributed by atoms with van der Waals surface area (Å²) in [5.41, 5.74) is 0.956. The zero-order valence-corrected chi connectivity index (χ0v) is 5.92. The van der Waals surface area contributed by atoms with E-state index >= 15 is 0 Å². The van der Waals surface area contributed by atoms with E-state index in [1.165, 1.54) is 0 Å². The summed E-state index contributed by atoms with van der Waals surface area (Å²) in [5.74, 6) is 0.769.